The van der Waals surface area contributed by atoms with E-state index in [0.29, 0.717) is 17.4 Å². The van der Waals surface area contributed by atoms with E-state index < -0.39 is 12.1 Å². The summed E-state index contributed by atoms with van der Waals surface area (Å²) in [5.74, 6) is -0.413. The fourth-order valence-corrected chi connectivity index (χ4v) is 11.2. The highest BCUT2D eigenvalue weighted by Crippen LogP contribution is 2.87. The molecule has 0 heterocycles. The zero-order valence-corrected chi connectivity index (χ0v) is 26.9. The number of allylic oxidation sites excluding steroid dienone is 2. The van der Waals surface area contributed by atoms with Gasteiger partial charge in [-0.05, 0) is 96.0 Å². The lowest BCUT2D eigenvalue weighted by atomic mass is 9.43. The molecule has 4 saturated carbocycles. The number of esters is 2. The molecule has 0 amide bonds. The maximum atomic E-state index is 13.9. The van der Waals surface area contributed by atoms with Crippen LogP contribution in [0.25, 0.3) is 0 Å². The predicted octanol–water partition coefficient (Wildman–Crippen LogP) is 6.92. The number of carbonyl (C=O) groups is 3. The molecule has 7 heteroatoms. The van der Waals surface area contributed by atoms with E-state index in [1.165, 1.54) is 13.8 Å². The van der Waals surface area contributed by atoms with Crippen molar-refractivity contribution < 1.29 is 29.1 Å². The van der Waals surface area contributed by atoms with Gasteiger partial charge in [-0.3, -0.25) is 14.4 Å². The summed E-state index contributed by atoms with van der Waals surface area (Å²) >= 11 is 0. The van der Waals surface area contributed by atoms with Gasteiger partial charge in [0.1, 0.15) is 6.10 Å². The Labute approximate surface area is 251 Å². The monoisotopic (exact) mass is 581 g/mol. The Morgan fingerprint density at radius 1 is 1.12 bits per heavy atom. The van der Waals surface area contributed by atoms with E-state index in [0.717, 1.165) is 50.7 Å². The molecule has 2 spiro atoms. The van der Waals surface area contributed by atoms with Crippen LogP contribution >= 0.6 is 0 Å². The Balaban J connectivity index is 1.54. The number of fused-ring (bicyclic) bond motifs is 2. The molecule has 12 atom stereocenters. The molecule has 0 radical (unpaired) electrons. The molecule has 5 rings (SSSR count). The van der Waals surface area contributed by atoms with E-state index in [-0.39, 0.29) is 63.2 Å². The zero-order chi connectivity index (χ0) is 31.0. The number of rotatable bonds is 8. The fraction of sp³-hybridized carbons (Fsp3) is 0.771. The van der Waals surface area contributed by atoms with Crippen LogP contribution in [-0.2, 0) is 23.9 Å². The quantitative estimate of drug-likeness (QED) is 0.144. The second-order valence-electron chi connectivity index (χ2n) is 15.1. The Bertz CT molecular complexity index is 1240. The van der Waals surface area contributed by atoms with Crippen LogP contribution in [0.4, 0.5) is 0 Å². The number of ether oxygens (including phenoxy) is 2. The topological polar surface area (TPSA) is 102 Å². The second-order valence-corrected chi connectivity index (χ2v) is 15.1. The molecular weight excluding hydrogens is 530 g/mol. The first-order valence-electron chi connectivity index (χ1n) is 16.1. The minimum absolute atomic E-state index is 0.0189. The van der Waals surface area contributed by atoms with Crippen molar-refractivity contribution in [1.29, 1.82) is 0 Å². The number of Topliss-reactive ketones (excluding diaryl/α,β-unsaturated/α-hetero) is 1. The first kappa shape index (κ1) is 31.0. The molecule has 0 aromatic carbocycles. The Hall–Kier alpha value is -2.44. The summed E-state index contributed by atoms with van der Waals surface area (Å²) in [5, 5.41) is 13.2. The van der Waals surface area contributed by atoms with E-state index in [1.807, 2.05) is 20.8 Å². The van der Waals surface area contributed by atoms with Gasteiger partial charge in [0.05, 0.1) is 5.71 Å². The van der Waals surface area contributed by atoms with Gasteiger partial charge >= 0.3 is 11.9 Å². The minimum atomic E-state index is -0.969. The number of hydrogen-bond acceptors (Lipinski definition) is 7. The van der Waals surface area contributed by atoms with Crippen molar-refractivity contribution in [2.75, 3.05) is 0 Å². The largest absolute Gasteiger partial charge is 0.462 e. The van der Waals surface area contributed by atoms with Gasteiger partial charge in [0.25, 0.3) is 0 Å². The van der Waals surface area contributed by atoms with Gasteiger partial charge in [0.2, 0.25) is 0 Å². The lowest BCUT2D eigenvalue weighted by Gasteiger charge is -2.61. The molecule has 0 bridgehead atoms. The molecule has 232 valence electrons. The van der Waals surface area contributed by atoms with Crippen LogP contribution < -0.4 is 0 Å². The van der Waals surface area contributed by atoms with Crippen LogP contribution in [0, 0.1) is 57.2 Å². The van der Waals surface area contributed by atoms with Crippen molar-refractivity contribution in [3.8, 4) is 0 Å². The number of ketones is 1. The standard InChI is InChI=1S/C35H51NO6/c1-10-19(2)20(3)30(39)31(42-24(7)38)22(5)29-27(41-23(6)37)17-33(9)28-12-11-25-21(4)26(36-40)13-14-34(25)18-35(28,34)16-15-32(29,33)8/h13-14,19,21-22,25,27-29,31,40H,3,10-12,15-18H2,1-2,4-9H3/b36-26+/t19-,21-,22-,25-,27-,28-,29-,31+,32+,33-,34+,35-/m0/s1. The normalized spacial score (nSPS) is 44.5. The molecule has 5 aliphatic carbocycles. The van der Waals surface area contributed by atoms with Gasteiger partial charge < -0.3 is 14.7 Å². The molecule has 42 heavy (non-hydrogen) atoms. The lowest BCUT2D eigenvalue weighted by Crippen LogP contribution is -2.56. The van der Waals surface area contributed by atoms with Crippen LogP contribution in [0.2, 0.25) is 0 Å². The highest BCUT2D eigenvalue weighted by Gasteiger charge is 2.81. The maximum absolute atomic E-state index is 13.9. The molecule has 0 aromatic heterocycles. The van der Waals surface area contributed by atoms with Crippen LogP contribution in [-0.4, -0.2) is 40.8 Å². The summed E-state index contributed by atoms with van der Waals surface area (Å²) in [7, 11) is 0. The van der Waals surface area contributed by atoms with Gasteiger partial charge in [-0.15, -0.1) is 0 Å². The van der Waals surface area contributed by atoms with E-state index in [2.05, 4.69) is 44.7 Å². The third-order valence-electron chi connectivity index (χ3n) is 13.6. The van der Waals surface area contributed by atoms with Gasteiger partial charge in [-0.25, -0.2) is 0 Å². The predicted molar refractivity (Wildman–Crippen MR) is 161 cm³/mol. The van der Waals surface area contributed by atoms with Crippen molar-refractivity contribution in [1.82, 2.24) is 0 Å². The van der Waals surface area contributed by atoms with Crippen molar-refractivity contribution in [3.63, 3.8) is 0 Å². The van der Waals surface area contributed by atoms with E-state index in [4.69, 9.17) is 9.47 Å². The summed E-state index contributed by atoms with van der Waals surface area (Å²) < 4.78 is 12.0. The highest BCUT2D eigenvalue weighted by atomic mass is 16.6. The van der Waals surface area contributed by atoms with Crippen molar-refractivity contribution in [2.45, 2.75) is 113 Å². The molecule has 0 unspecified atom stereocenters. The second kappa shape index (κ2) is 10.3. The van der Waals surface area contributed by atoms with Crippen molar-refractivity contribution in [2.24, 2.45) is 62.3 Å². The number of oxime groups is 1. The fourth-order valence-electron chi connectivity index (χ4n) is 11.2. The van der Waals surface area contributed by atoms with E-state index in [9.17, 15) is 19.6 Å². The molecule has 0 aromatic rings. The Kier molecular flexibility index (Phi) is 7.63. The summed E-state index contributed by atoms with van der Waals surface area (Å²) in [6.45, 7) is 19.9. The Morgan fingerprint density at radius 3 is 2.40 bits per heavy atom. The van der Waals surface area contributed by atoms with Crippen molar-refractivity contribution >= 4 is 23.4 Å². The Morgan fingerprint density at radius 2 is 1.81 bits per heavy atom. The third-order valence-corrected chi connectivity index (χ3v) is 13.6. The molecule has 1 N–H and O–H groups in total. The molecular formula is C35H51NO6. The highest BCUT2D eigenvalue weighted by molar-refractivity contribution is 6.00. The number of nitrogens with zero attached hydrogens (tertiary/aromatic N) is 1. The number of hydrogen-bond donors (Lipinski definition) is 1. The van der Waals surface area contributed by atoms with Gasteiger partial charge in [0, 0.05) is 31.6 Å². The van der Waals surface area contributed by atoms with Crippen LogP contribution in [0.1, 0.15) is 100 Å². The SMILES string of the molecule is C=C(C(=O)[C@H](OC(C)=O)[C@@H](C)[C@H]1[C@@H](OC(C)=O)C[C@@]2(C)[C@@H]3CC[C@H]4[C@H](C)/C(=N/O)C=C[C@@]45C[C@@]35CC[C@]12C)[C@@H](C)CC. The average molecular weight is 582 g/mol. The van der Waals surface area contributed by atoms with E-state index in [1.54, 1.807) is 0 Å². The average Bonchev–Trinajstić information content (AvgIpc) is 3.53. The summed E-state index contributed by atoms with van der Waals surface area (Å²) in [5.41, 5.74) is 1.22. The van der Waals surface area contributed by atoms with Crippen molar-refractivity contribution in [3.05, 3.63) is 24.3 Å². The first-order valence-corrected chi connectivity index (χ1v) is 16.1. The number of carbonyl (C=O) groups excluding carboxylic acids is 3. The summed E-state index contributed by atoms with van der Waals surface area (Å²) in [4.78, 5) is 38.7. The lowest BCUT2D eigenvalue weighted by molar-refractivity contribution is -0.166. The molecule has 7 nitrogen and oxygen atoms in total. The summed E-state index contributed by atoms with van der Waals surface area (Å²) in [6, 6.07) is 0. The van der Waals surface area contributed by atoms with Crippen LogP contribution in [0.3, 0.4) is 0 Å². The van der Waals surface area contributed by atoms with Crippen LogP contribution in [0.5, 0.6) is 0 Å². The smallest absolute Gasteiger partial charge is 0.303 e. The summed E-state index contributed by atoms with van der Waals surface area (Å²) in [6.07, 6.45) is 9.92. The molecule has 0 saturated heterocycles. The molecule has 5 aliphatic rings. The van der Waals surface area contributed by atoms with Gasteiger partial charge in [-0.1, -0.05) is 59.4 Å². The maximum Gasteiger partial charge on any atom is 0.303 e. The third kappa shape index (κ3) is 4.11. The van der Waals surface area contributed by atoms with Gasteiger partial charge in [-0.2, -0.15) is 0 Å². The van der Waals surface area contributed by atoms with Gasteiger partial charge in [0.15, 0.2) is 11.9 Å². The first-order chi connectivity index (χ1) is 19.6. The minimum Gasteiger partial charge on any atom is -0.462 e. The van der Waals surface area contributed by atoms with E-state index >= 15 is 0 Å². The molecule has 4 fully saturated rings. The zero-order valence-electron chi connectivity index (χ0n) is 26.9. The van der Waals surface area contributed by atoms with Crippen LogP contribution in [0.15, 0.2) is 29.5 Å². The molecule has 0 aliphatic heterocycles.